The van der Waals surface area contributed by atoms with Crippen LogP contribution in [-0.4, -0.2) is 18.2 Å². The van der Waals surface area contributed by atoms with Crippen LogP contribution in [0, 0.1) is 17.5 Å². The minimum atomic E-state index is -1.16. The molecule has 3 aromatic rings. The van der Waals surface area contributed by atoms with E-state index in [0.717, 1.165) is 18.2 Å². The van der Waals surface area contributed by atoms with E-state index in [9.17, 15) is 18.0 Å². The van der Waals surface area contributed by atoms with E-state index < -0.39 is 23.4 Å². The van der Waals surface area contributed by atoms with Gasteiger partial charge in [0.2, 0.25) is 0 Å². The Balaban J connectivity index is 1.78. The third kappa shape index (κ3) is 4.09. The fourth-order valence-electron chi connectivity index (χ4n) is 2.63. The van der Waals surface area contributed by atoms with Crippen LogP contribution in [0.25, 0.3) is 11.1 Å². The van der Waals surface area contributed by atoms with Crippen LogP contribution in [0.3, 0.4) is 0 Å². The van der Waals surface area contributed by atoms with Gasteiger partial charge in [0.05, 0.1) is 12.7 Å². The van der Waals surface area contributed by atoms with Gasteiger partial charge in [0.1, 0.15) is 23.9 Å². The van der Waals surface area contributed by atoms with Crippen LogP contribution in [0.15, 0.2) is 54.6 Å². The van der Waals surface area contributed by atoms with Gasteiger partial charge in [0, 0.05) is 17.2 Å². The van der Waals surface area contributed by atoms with Gasteiger partial charge in [-0.3, -0.25) is 0 Å². The Kier molecular flexibility index (Phi) is 5.54. The van der Waals surface area contributed by atoms with Crippen LogP contribution >= 0.6 is 0 Å². The normalized spacial score (nSPS) is 10.6. The van der Waals surface area contributed by atoms with E-state index in [-0.39, 0.29) is 23.5 Å². The molecule has 0 fully saturated rings. The number of methoxy groups -OCH3 is 1. The number of aromatic carboxylic acids is 1. The molecule has 3 rings (SSSR count). The number of halogens is 3. The average molecular weight is 388 g/mol. The molecule has 0 saturated carbocycles. The van der Waals surface area contributed by atoms with E-state index in [2.05, 4.69) is 0 Å². The molecule has 0 spiro atoms. The van der Waals surface area contributed by atoms with E-state index >= 15 is 0 Å². The topological polar surface area (TPSA) is 55.8 Å². The van der Waals surface area contributed by atoms with Gasteiger partial charge in [-0.15, -0.1) is 0 Å². The van der Waals surface area contributed by atoms with Crippen LogP contribution in [0.5, 0.6) is 11.5 Å². The van der Waals surface area contributed by atoms with E-state index in [1.807, 2.05) is 0 Å². The first-order valence-corrected chi connectivity index (χ1v) is 8.17. The monoisotopic (exact) mass is 388 g/mol. The predicted molar refractivity (Wildman–Crippen MR) is 96.0 cm³/mol. The summed E-state index contributed by atoms with van der Waals surface area (Å²) in [6.45, 7) is -0.166. The lowest BCUT2D eigenvalue weighted by atomic mass is 10.0. The highest BCUT2D eigenvalue weighted by Crippen LogP contribution is 2.33. The highest BCUT2D eigenvalue weighted by molar-refractivity contribution is 5.87. The zero-order valence-corrected chi connectivity index (χ0v) is 14.7. The third-order valence-electron chi connectivity index (χ3n) is 4.09. The quantitative estimate of drug-likeness (QED) is 0.642. The molecule has 0 saturated heterocycles. The summed E-state index contributed by atoms with van der Waals surface area (Å²) in [6, 6.07) is 11.8. The lowest BCUT2D eigenvalue weighted by molar-refractivity contribution is 0.0696. The number of ether oxygens (including phenoxy) is 2. The number of benzene rings is 3. The molecule has 0 aliphatic rings. The lowest BCUT2D eigenvalue weighted by Gasteiger charge is -2.11. The fourth-order valence-corrected chi connectivity index (χ4v) is 2.63. The van der Waals surface area contributed by atoms with E-state index in [4.69, 9.17) is 14.6 Å². The van der Waals surface area contributed by atoms with Crippen molar-refractivity contribution in [2.24, 2.45) is 0 Å². The molecule has 0 heterocycles. The third-order valence-corrected chi connectivity index (χ3v) is 4.09. The first-order valence-electron chi connectivity index (χ1n) is 8.17. The maximum Gasteiger partial charge on any atom is 0.335 e. The first kappa shape index (κ1) is 19.3. The number of hydrogen-bond donors (Lipinski definition) is 1. The van der Waals surface area contributed by atoms with Crippen LogP contribution in [-0.2, 0) is 6.61 Å². The van der Waals surface area contributed by atoms with Crippen molar-refractivity contribution in [3.05, 3.63) is 83.2 Å². The van der Waals surface area contributed by atoms with E-state index in [0.29, 0.717) is 16.9 Å². The van der Waals surface area contributed by atoms with Crippen LogP contribution in [0.1, 0.15) is 15.9 Å². The molecule has 0 amide bonds. The van der Waals surface area contributed by atoms with Crippen molar-refractivity contribution in [3.8, 4) is 22.6 Å². The van der Waals surface area contributed by atoms with Crippen molar-refractivity contribution in [2.45, 2.75) is 6.61 Å². The molecule has 0 aliphatic heterocycles. The minimum Gasteiger partial charge on any atom is -0.496 e. The summed E-state index contributed by atoms with van der Waals surface area (Å²) in [7, 11) is 1.35. The second-order valence-electron chi connectivity index (χ2n) is 5.89. The summed E-state index contributed by atoms with van der Waals surface area (Å²) >= 11 is 0. The molecule has 7 heteroatoms. The van der Waals surface area contributed by atoms with Gasteiger partial charge in [0.15, 0.2) is 11.6 Å². The second kappa shape index (κ2) is 8.04. The van der Waals surface area contributed by atoms with Crippen LogP contribution in [0.4, 0.5) is 13.2 Å². The van der Waals surface area contributed by atoms with Gasteiger partial charge in [0.25, 0.3) is 0 Å². The van der Waals surface area contributed by atoms with Crippen LogP contribution in [0.2, 0.25) is 0 Å². The molecule has 0 atom stereocenters. The summed E-state index contributed by atoms with van der Waals surface area (Å²) in [5, 5.41) is 8.98. The standard InChI is InChI=1S/C21H15F3O4/c1-27-20-10-19(24)18(23)9-16(20)12-2-5-15(6-3-12)28-11-14-8-13(21(25)26)4-7-17(14)22/h2-10H,11H2,1H3,(H,25,26). The van der Waals surface area contributed by atoms with Crippen molar-refractivity contribution in [1.82, 2.24) is 0 Å². The maximum atomic E-state index is 13.8. The average Bonchev–Trinajstić information content (AvgIpc) is 2.69. The zero-order valence-electron chi connectivity index (χ0n) is 14.7. The van der Waals surface area contributed by atoms with Gasteiger partial charge in [-0.05, 0) is 42.0 Å². The van der Waals surface area contributed by atoms with Gasteiger partial charge in [-0.2, -0.15) is 0 Å². The smallest absolute Gasteiger partial charge is 0.335 e. The number of carboxylic acids is 1. The number of rotatable bonds is 6. The second-order valence-corrected chi connectivity index (χ2v) is 5.89. The highest BCUT2D eigenvalue weighted by atomic mass is 19.2. The molecule has 1 N–H and O–H groups in total. The summed E-state index contributed by atoms with van der Waals surface area (Å²) < 4.78 is 51.3. The van der Waals surface area contributed by atoms with Gasteiger partial charge in [-0.1, -0.05) is 12.1 Å². The predicted octanol–water partition coefficient (Wildman–Crippen LogP) is 5.06. The molecule has 3 aromatic carbocycles. The summed E-state index contributed by atoms with van der Waals surface area (Å²) in [5.74, 6) is -3.17. The van der Waals surface area contributed by atoms with Crippen LogP contribution < -0.4 is 9.47 Å². The molecule has 144 valence electrons. The lowest BCUT2D eigenvalue weighted by Crippen LogP contribution is -2.03. The Morgan fingerprint density at radius 1 is 0.929 bits per heavy atom. The molecule has 0 unspecified atom stereocenters. The van der Waals surface area contributed by atoms with Crippen molar-refractivity contribution in [2.75, 3.05) is 7.11 Å². The van der Waals surface area contributed by atoms with E-state index in [1.165, 1.54) is 19.2 Å². The van der Waals surface area contributed by atoms with Gasteiger partial charge >= 0.3 is 5.97 Å². The Morgan fingerprint density at radius 3 is 2.25 bits per heavy atom. The van der Waals surface area contributed by atoms with Gasteiger partial charge in [-0.25, -0.2) is 18.0 Å². The van der Waals surface area contributed by atoms with Crippen molar-refractivity contribution >= 4 is 5.97 Å². The molecule has 0 aliphatic carbocycles. The Hall–Kier alpha value is -3.48. The highest BCUT2D eigenvalue weighted by Gasteiger charge is 2.13. The number of carbonyl (C=O) groups is 1. The minimum absolute atomic E-state index is 0.0409. The Bertz CT molecular complexity index is 1020. The molecule has 0 bridgehead atoms. The molecule has 4 nitrogen and oxygen atoms in total. The molecule has 0 aromatic heterocycles. The number of carboxylic acid groups (broad SMARTS) is 1. The fraction of sp³-hybridized carbons (Fsp3) is 0.0952. The number of hydrogen-bond acceptors (Lipinski definition) is 3. The van der Waals surface area contributed by atoms with Crippen molar-refractivity contribution in [1.29, 1.82) is 0 Å². The molecular formula is C21H15F3O4. The largest absolute Gasteiger partial charge is 0.496 e. The Labute approximate surface area is 158 Å². The summed E-state index contributed by atoms with van der Waals surface area (Å²) in [6.07, 6.45) is 0. The Morgan fingerprint density at radius 2 is 1.61 bits per heavy atom. The molecule has 28 heavy (non-hydrogen) atoms. The van der Waals surface area contributed by atoms with Crippen molar-refractivity contribution < 1.29 is 32.5 Å². The summed E-state index contributed by atoms with van der Waals surface area (Å²) in [5.41, 5.74) is 1.00. The SMILES string of the molecule is COc1cc(F)c(F)cc1-c1ccc(OCc2cc(C(=O)O)ccc2F)cc1. The maximum absolute atomic E-state index is 13.8. The molecular weight excluding hydrogens is 373 g/mol. The molecule has 0 radical (unpaired) electrons. The van der Waals surface area contributed by atoms with Gasteiger partial charge < -0.3 is 14.6 Å². The first-order chi connectivity index (χ1) is 13.4. The van der Waals surface area contributed by atoms with Crippen molar-refractivity contribution in [3.63, 3.8) is 0 Å². The zero-order chi connectivity index (χ0) is 20.3. The van der Waals surface area contributed by atoms with E-state index in [1.54, 1.807) is 24.3 Å². The summed E-state index contributed by atoms with van der Waals surface area (Å²) in [4.78, 5) is 11.0.